The average Bonchev–Trinajstić information content (AvgIpc) is 3.28. The van der Waals surface area contributed by atoms with Gasteiger partial charge in [0.25, 0.3) is 5.91 Å². The van der Waals surface area contributed by atoms with Crippen LogP contribution in [0.4, 0.5) is 8.78 Å². The fraction of sp³-hybridized carbons (Fsp3) is 0.167. The SMILES string of the molecule is COC(=O)c1ccc(CNC(=O)c2c(-c3ccccc3)c(-c3ccc(F)cc3)c(C=O)n2C(C)C)c(F)c1. The first-order valence-electron chi connectivity index (χ1n) is 12.0. The molecule has 4 aromatic rings. The van der Waals surface area contributed by atoms with E-state index >= 15 is 0 Å². The molecule has 0 atom stereocenters. The Morgan fingerprint density at radius 2 is 1.61 bits per heavy atom. The van der Waals surface area contributed by atoms with Crippen LogP contribution in [-0.4, -0.2) is 29.8 Å². The van der Waals surface area contributed by atoms with Crippen molar-refractivity contribution in [1.82, 2.24) is 9.88 Å². The molecule has 0 unspecified atom stereocenters. The van der Waals surface area contributed by atoms with Gasteiger partial charge in [0.2, 0.25) is 0 Å². The van der Waals surface area contributed by atoms with Crippen molar-refractivity contribution in [3.63, 3.8) is 0 Å². The normalized spacial score (nSPS) is 10.9. The lowest BCUT2D eigenvalue weighted by Gasteiger charge is -2.16. The molecule has 0 radical (unpaired) electrons. The molecule has 4 rings (SSSR count). The van der Waals surface area contributed by atoms with Gasteiger partial charge in [-0.3, -0.25) is 9.59 Å². The van der Waals surface area contributed by atoms with Gasteiger partial charge in [0, 0.05) is 29.3 Å². The number of aromatic nitrogens is 1. The van der Waals surface area contributed by atoms with Crippen molar-refractivity contribution >= 4 is 18.2 Å². The standard InChI is InChI=1S/C30H26F2N2O4/c1-18(2)34-25(17-35)26(20-11-13-23(31)14-12-20)27(19-7-5-4-6-8-19)28(34)29(36)33-16-22-10-9-21(15-24(22)32)30(37)38-3/h4-15,17-18H,16H2,1-3H3,(H,33,36). The second-order valence-corrected chi connectivity index (χ2v) is 8.92. The zero-order valence-electron chi connectivity index (χ0n) is 21.1. The summed E-state index contributed by atoms with van der Waals surface area (Å²) in [6, 6.07) is 18.4. The van der Waals surface area contributed by atoms with E-state index in [9.17, 15) is 23.2 Å². The Bertz CT molecular complexity index is 1490. The fourth-order valence-electron chi connectivity index (χ4n) is 4.47. The smallest absolute Gasteiger partial charge is 0.337 e. The van der Waals surface area contributed by atoms with Gasteiger partial charge >= 0.3 is 5.97 Å². The lowest BCUT2D eigenvalue weighted by Crippen LogP contribution is -2.27. The Balaban J connectivity index is 1.84. The van der Waals surface area contributed by atoms with E-state index < -0.39 is 23.5 Å². The summed E-state index contributed by atoms with van der Waals surface area (Å²) in [4.78, 5) is 37.9. The van der Waals surface area contributed by atoms with Crippen molar-refractivity contribution in [1.29, 1.82) is 0 Å². The molecule has 6 nitrogen and oxygen atoms in total. The Labute approximate surface area is 218 Å². The molecular formula is C30H26F2N2O4. The third-order valence-electron chi connectivity index (χ3n) is 6.20. The molecule has 38 heavy (non-hydrogen) atoms. The Kier molecular flexibility index (Phi) is 7.81. The maximum Gasteiger partial charge on any atom is 0.337 e. The summed E-state index contributed by atoms with van der Waals surface area (Å²) >= 11 is 0. The minimum atomic E-state index is -0.670. The van der Waals surface area contributed by atoms with Crippen LogP contribution in [0.1, 0.15) is 56.8 Å². The molecule has 0 saturated heterocycles. The molecule has 0 spiro atoms. The Morgan fingerprint density at radius 3 is 2.18 bits per heavy atom. The molecule has 1 N–H and O–H groups in total. The zero-order valence-corrected chi connectivity index (χ0v) is 21.1. The van der Waals surface area contributed by atoms with Crippen LogP contribution < -0.4 is 5.32 Å². The number of rotatable bonds is 8. The van der Waals surface area contributed by atoms with Crippen LogP contribution in [0, 0.1) is 11.6 Å². The van der Waals surface area contributed by atoms with Crippen LogP contribution in [0.15, 0.2) is 72.8 Å². The lowest BCUT2D eigenvalue weighted by molar-refractivity contribution is 0.0599. The number of nitrogens with zero attached hydrogens (tertiary/aromatic N) is 1. The molecule has 0 aliphatic heterocycles. The number of esters is 1. The largest absolute Gasteiger partial charge is 0.465 e. The lowest BCUT2D eigenvalue weighted by atomic mass is 9.94. The number of amides is 1. The van der Waals surface area contributed by atoms with Crippen LogP contribution in [0.3, 0.4) is 0 Å². The van der Waals surface area contributed by atoms with Gasteiger partial charge in [0.05, 0.1) is 18.4 Å². The summed E-state index contributed by atoms with van der Waals surface area (Å²) in [6.07, 6.45) is 0.688. The van der Waals surface area contributed by atoms with E-state index in [-0.39, 0.29) is 35.1 Å². The predicted molar refractivity (Wildman–Crippen MR) is 140 cm³/mol. The summed E-state index contributed by atoms with van der Waals surface area (Å²) in [5.74, 6) is -2.29. The van der Waals surface area contributed by atoms with Crippen LogP contribution in [0.5, 0.6) is 0 Å². The number of aldehydes is 1. The first-order valence-corrected chi connectivity index (χ1v) is 12.0. The van der Waals surface area contributed by atoms with Crippen LogP contribution >= 0.6 is 0 Å². The van der Waals surface area contributed by atoms with E-state index in [2.05, 4.69) is 10.1 Å². The highest BCUT2D eigenvalue weighted by Crippen LogP contribution is 2.41. The number of hydrogen-bond acceptors (Lipinski definition) is 4. The molecule has 194 valence electrons. The van der Waals surface area contributed by atoms with E-state index in [0.717, 1.165) is 6.07 Å². The number of hydrogen-bond donors (Lipinski definition) is 1. The summed E-state index contributed by atoms with van der Waals surface area (Å²) in [5, 5.41) is 2.76. The molecular weight excluding hydrogens is 490 g/mol. The molecule has 3 aromatic carbocycles. The number of benzene rings is 3. The zero-order chi connectivity index (χ0) is 27.4. The Hall–Kier alpha value is -4.59. The van der Waals surface area contributed by atoms with Crippen molar-refractivity contribution < 1.29 is 27.9 Å². The first kappa shape index (κ1) is 26.5. The van der Waals surface area contributed by atoms with Crippen molar-refractivity contribution in [2.75, 3.05) is 7.11 Å². The van der Waals surface area contributed by atoms with Crippen LogP contribution in [-0.2, 0) is 11.3 Å². The highest BCUT2D eigenvalue weighted by atomic mass is 19.1. The molecule has 0 aliphatic carbocycles. The highest BCUT2D eigenvalue weighted by Gasteiger charge is 2.30. The summed E-state index contributed by atoms with van der Waals surface area (Å²) in [6.45, 7) is 3.53. The minimum Gasteiger partial charge on any atom is -0.465 e. The fourth-order valence-corrected chi connectivity index (χ4v) is 4.47. The van der Waals surface area contributed by atoms with Gasteiger partial charge < -0.3 is 14.6 Å². The topological polar surface area (TPSA) is 77.4 Å². The number of carbonyl (C=O) groups is 3. The first-order chi connectivity index (χ1) is 18.3. The average molecular weight is 517 g/mol. The summed E-state index contributed by atoms with van der Waals surface area (Å²) in [5.41, 5.74) is 2.98. The number of ether oxygens (including phenoxy) is 1. The number of halogens is 2. The summed E-state index contributed by atoms with van der Waals surface area (Å²) < 4.78 is 34.7. The summed E-state index contributed by atoms with van der Waals surface area (Å²) in [7, 11) is 1.20. The molecule has 1 heterocycles. The second kappa shape index (κ2) is 11.2. The molecule has 0 fully saturated rings. The molecule has 1 aromatic heterocycles. The van der Waals surface area contributed by atoms with E-state index in [0.29, 0.717) is 28.5 Å². The highest BCUT2D eigenvalue weighted by molar-refractivity contribution is 6.08. The van der Waals surface area contributed by atoms with Gasteiger partial charge in [-0.05, 0) is 49.2 Å². The monoisotopic (exact) mass is 516 g/mol. The third kappa shape index (κ3) is 5.11. The Morgan fingerprint density at radius 1 is 0.947 bits per heavy atom. The van der Waals surface area contributed by atoms with Gasteiger partial charge in [0.15, 0.2) is 6.29 Å². The second-order valence-electron chi connectivity index (χ2n) is 8.92. The minimum absolute atomic E-state index is 0.0553. The van der Waals surface area contributed by atoms with Gasteiger partial charge in [-0.25, -0.2) is 13.6 Å². The maximum absolute atomic E-state index is 14.7. The maximum atomic E-state index is 14.7. The molecule has 0 saturated carbocycles. The van der Waals surface area contributed by atoms with Crippen molar-refractivity contribution in [3.8, 4) is 22.3 Å². The van der Waals surface area contributed by atoms with Crippen LogP contribution in [0.25, 0.3) is 22.3 Å². The molecule has 1 amide bonds. The van der Waals surface area contributed by atoms with Crippen molar-refractivity contribution in [2.45, 2.75) is 26.4 Å². The van der Waals surface area contributed by atoms with Crippen molar-refractivity contribution in [3.05, 3.63) is 107 Å². The van der Waals surface area contributed by atoms with E-state index in [4.69, 9.17) is 0 Å². The van der Waals surface area contributed by atoms with Gasteiger partial charge in [-0.2, -0.15) is 0 Å². The van der Waals surface area contributed by atoms with E-state index in [1.807, 2.05) is 44.2 Å². The quantitative estimate of drug-likeness (QED) is 0.223. The third-order valence-corrected chi connectivity index (χ3v) is 6.20. The van der Waals surface area contributed by atoms with E-state index in [1.54, 1.807) is 16.7 Å². The predicted octanol–water partition coefficient (Wildman–Crippen LogP) is 6.21. The number of nitrogens with one attached hydrogen (secondary N) is 1. The van der Waals surface area contributed by atoms with Crippen LogP contribution in [0.2, 0.25) is 0 Å². The van der Waals surface area contributed by atoms with Gasteiger partial charge in [-0.1, -0.05) is 48.5 Å². The molecule has 0 bridgehead atoms. The van der Waals surface area contributed by atoms with E-state index in [1.165, 1.54) is 31.4 Å². The number of carbonyl (C=O) groups excluding carboxylic acids is 3. The van der Waals surface area contributed by atoms with Crippen molar-refractivity contribution in [2.24, 2.45) is 0 Å². The number of methoxy groups -OCH3 is 1. The van der Waals surface area contributed by atoms with Gasteiger partial charge in [-0.15, -0.1) is 0 Å². The molecule has 0 aliphatic rings. The van der Waals surface area contributed by atoms with Gasteiger partial charge in [0.1, 0.15) is 17.3 Å². The molecule has 8 heteroatoms.